The SMILES string of the molecule is COc1ccc(S[C@@H](C)/C=C/[C@H]2COC(C)(C)O2)cc1. The van der Waals surface area contributed by atoms with E-state index in [2.05, 4.69) is 31.2 Å². The van der Waals surface area contributed by atoms with Gasteiger partial charge in [0.2, 0.25) is 0 Å². The van der Waals surface area contributed by atoms with Crippen LogP contribution >= 0.6 is 11.8 Å². The molecule has 1 aromatic carbocycles. The quantitative estimate of drug-likeness (QED) is 0.608. The van der Waals surface area contributed by atoms with Crippen molar-refractivity contribution < 1.29 is 14.2 Å². The molecular formula is C16H22O3S. The summed E-state index contributed by atoms with van der Waals surface area (Å²) < 4.78 is 16.4. The van der Waals surface area contributed by atoms with E-state index in [1.165, 1.54) is 4.90 Å². The van der Waals surface area contributed by atoms with Crippen LogP contribution in [0.5, 0.6) is 5.75 Å². The van der Waals surface area contributed by atoms with Gasteiger partial charge < -0.3 is 14.2 Å². The van der Waals surface area contributed by atoms with Gasteiger partial charge in [-0.05, 0) is 45.0 Å². The highest BCUT2D eigenvalue weighted by molar-refractivity contribution is 8.00. The second kappa shape index (κ2) is 6.66. The Kier molecular flexibility index (Phi) is 5.13. The van der Waals surface area contributed by atoms with Gasteiger partial charge in [-0.1, -0.05) is 12.2 Å². The zero-order valence-corrected chi connectivity index (χ0v) is 13.3. The predicted molar refractivity (Wildman–Crippen MR) is 82.4 cm³/mol. The molecule has 0 spiro atoms. The van der Waals surface area contributed by atoms with E-state index < -0.39 is 5.79 Å². The van der Waals surface area contributed by atoms with Crippen molar-refractivity contribution in [3.63, 3.8) is 0 Å². The van der Waals surface area contributed by atoms with Crippen molar-refractivity contribution in [2.75, 3.05) is 13.7 Å². The Morgan fingerprint density at radius 1 is 1.35 bits per heavy atom. The molecule has 0 aliphatic carbocycles. The molecule has 1 fully saturated rings. The molecule has 1 aliphatic heterocycles. The molecular weight excluding hydrogens is 272 g/mol. The zero-order valence-electron chi connectivity index (χ0n) is 12.5. The van der Waals surface area contributed by atoms with E-state index in [4.69, 9.17) is 14.2 Å². The van der Waals surface area contributed by atoms with Crippen LogP contribution in [0.25, 0.3) is 0 Å². The maximum atomic E-state index is 5.74. The summed E-state index contributed by atoms with van der Waals surface area (Å²) in [7, 11) is 1.68. The topological polar surface area (TPSA) is 27.7 Å². The lowest BCUT2D eigenvalue weighted by Gasteiger charge is -2.15. The first-order valence-corrected chi connectivity index (χ1v) is 7.67. The Labute approximate surface area is 125 Å². The summed E-state index contributed by atoms with van der Waals surface area (Å²) in [5, 5.41) is 0.385. The maximum Gasteiger partial charge on any atom is 0.163 e. The molecule has 20 heavy (non-hydrogen) atoms. The highest BCUT2D eigenvalue weighted by atomic mass is 32.2. The molecule has 0 radical (unpaired) electrons. The van der Waals surface area contributed by atoms with Crippen molar-refractivity contribution in [3.05, 3.63) is 36.4 Å². The summed E-state index contributed by atoms with van der Waals surface area (Å²) in [5.74, 6) is 0.428. The van der Waals surface area contributed by atoms with Gasteiger partial charge >= 0.3 is 0 Å². The van der Waals surface area contributed by atoms with Crippen molar-refractivity contribution in [3.8, 4) is 5.75 Å². The van der Waals surface area contributed by atoms with Crippen molar-refractivity contribution >= 4 is 11.8 Å². The Bertz CT molecular complexity index is 453. The minimum Gasteiger partial charge on any atom is -0.497 e. The van der Waals surface area contributed by atoms with Crippen LogP contribution in [0.2, 0.25) is 0 Å². The second-order valence-corrected chi connectivity index (χ2v) is 6.70. The Balaban J connectivity index is 1.84. The third kappa shape index (κ3) is 4.54. The fourth-order valence-corrected chi connectivity index (χ4v) is 2.89. The molecule has 1 saturated heterocycles. The normalized spacial score (nSPS) is 23.1. The minimum atomic E-state index is -0.457. The molecule has 2 rings (SSSR count). The van der Waals surface area contributed by atoms with Gasteiger partial charge in [-0.25, -0.2) is 0 Å². The van der Waals surface area contributed by atoms with Gasteiger partial charge in [0.25, 0.3) is 0 Å². The lowest BCUT2D eigenvalue weighted by Crippen LogP contribution is -2.20. The van der Waals surface area contributed by atoms with E-state index in [1.54, 1.807) is 7.11 Å². The molecule has 0 saturated carbocycles. The molecule has 0 bridgehead atoms. The average molecular weight is 294 g/mol. The van der Waals surface area contributed by atoms with E-state index in [0.29, 0.717) is 11.9 Å². The summed E-state index contributed by atoms with van der Waals surface area (Å²) in [5.41, 5.74) is 0. The van der Waals surface area contributed by atoms with Crippen LogP contribution in [0.1, 0.15) is 20.8 Å². The number of rotatable bonds is 5. The summed E-state index contributed by atoms with van der Waals surface area (Å²) >= 11 is 1.81. The van der Waals surface area contributed by atoms with Gasteiger partial charge in [-0.2, -0.15) is 0 Å². The molecule has 0 aromatic heterocycles. The molecule has 1 heterocycles. The third-order valence-electron chi connectivity index (χ3n) is 3.01. The smallest absolute Gasteiger partial charge is 0.163 e. The Morgan fingerprint density at radius 2 is 2.05 bits per heavy atom. The lowest BCUT2D eigenvalue weighted by atomic mass is 10.3. The van der Waals surface area contributed by atoms with Gasteiger partial charge in [0, 0.05) is 10.1 Å². The summed E-state index contributed by atoms with van der Waals surface area (Å²) in [6.07, 6.45) is 4.32. The van der Waals surface area contributed by atoms with E-state index >= 15 is 0 Å². The minimum absolute atomic E-state index is 0.0592. The number of benzene rings is 1. The van der Waals surface area contributed by atoms with Crippen molar-refractivity contribution in [1.29, 1.82) is 0 Å². The number of hydrogen-bond acceptors (Lipinski definition) is 4. The molecule has 2 atom stereocenters. The first-order chi connectivity index (χ1) is 9.48. The van der Waals surface area contributed by atoms with Gasteiger partial charge in [0.1, 0.15) is 11.9 Å². The zero-order chi connectivity index (χ0) is 14.6. The second-order valence-electron chi connectivity index (χ2n) is 5.25. The molecule has 4 heteroatoms. The van der Waals surface area contributed by atoms with Crippen LogP contribution in [-0.4, -0.2) is 30.9 Å². The average Bonchev–Trinajstić information content (AvgIpc) is 2.77. The molecule has 0 N–H and O–H groups in total. The van der Waals surface area contributed by atoms with Crippen LogP contribution in [-0.2, 0) is 9.47 Å². The first-order valence-electron chi connectivity index (χ1n) is 6.79. The fourth-order valence-electron chi connectivity index (χ4n) is 2.00. The van der Waals surface area contributed by atoms with E-state index in [9.17, 15) is 0 Å². The molecule has 110 valence electrons. The molecule has 0 amide bonds. The number of methoxy groups -OCH3 is 1. The van der Waals surface area contributed by atoms with E-state index in [1.807, 2.05) is 37.7 Å². The highest BCUT2D eigenvalue weighted by Gasteiger charge is 2.30. The lowest BCUT2D eigenvalue weighted by molar-refractivity contribution is -0.133. The van der Waals surface area contributed by atoms with E-state index in [0.717, 1.165) is 5.75 Å². The van der Waals surface area contributed by atoms with Crippen molar-refractivity contribution in [1.82, 2.24) is 0 Å². The van der Waals surface area contributed by atoms with Crippen LogP contribution in [0, 0.1) is 0 Å². The monoisotopic (exact) mass is 294 g/mol. The first kappa shape index (κ1) is 15.4. The molecule has 1 aliphatic rings. The molecule has 0 unspecified atom stereocenters. The molecule has 3 nitrogen and oxygen atoms in total. The predicted octanol–water partition coefficient (Wildman–Crippen LogP) is 3.88. The number of hydrogen-bond donors (Lipinski definition) is 0. The highest BCUT2D eigenvalue weighted by Crippen LogP contribution is 2.27. The number of thioether (sulfide) groups is 1. The van der Waals surface area contributed by atoms with Gasteiger partial charge in [0.15, 0.2) is 5.79 Å². The van der Waals surface area contributed by atoms with E-state index in [-0.39, 0.29) is 6.10 Å². The van der Waals surface area contributed by atoms with Crippen molar-refractivity contribution in [2.45, 2.75) is 42.8 Å². The van der Waals surface area contributed by atoms with Crippen LogP contribution < -0.4 is 4.74 Å². The Morgan fingerprint density at radius 3 is 2.60 bits per heavy atom. The maximum absolute atomic E-state index is 5.74. The van der Waals surface area contributed by atoms with Crippen LogP contribution in [0.15, 0.2) is 41.3 Å². The summed E-state index contributed by atoms with van der Waals surface area (Å²) in [6, 6.07) is 8.11. The third-order valence-corrected chi connectivity index (χ3v) is 4.08. The number of ether oxygens (including phenoxy) is 3. The van der Waals surface area contributed by atoms with Gasteiger partial charge in [-0.3, -0.25) is 0 Å². The standard InChI is InChI=1S/C16H22O3S/c1-12(5-6-14-11-18-16(2,3)19-14)20-15-9-7-13(17-4)8-10-15/h5-10,12,14H,11H2,1-4H3/b6-5+/t12-,14-/m0/s1. The van der Waals surface area contributed by atoms with Gasteiger partial charge in [-0.15, -0.1) is 11.8 Å². The Hall–Kier alpha value is -0.970. The fraction of sp³-hybridized carbons (Fsp3) is 0.500. The van der Waals surface area contributed by atoms with Crippen LogP contribution in [0.4, 0.5) is 0 Å². The van der Waals surface area contributed by atoms with Crippen molar-refractivity contribution in [2.24, 2.45) is 0 Å². The van der Waals surface area contributed by atoms with Crippen LogP contribution in [0.3, 0.4) is 0 Å². The molecule has 1 aromatic rings. The summed E-state index contributed by atoms with van der Waals surface area (Å²) in [4.78, 5) is 1.23. The largest absolute Gasteiger partial charge is 0.497 e. The summed E-state index contributed by atoms with van der Waals surface area (Å²) in [6.45, 7) is 6.68. The van der Waals surface area contributed by atoms with Gasteiger partial charge in [0.05, 0.1) is 13.7 Å².